The fourth-order valence-electron chi connectivity index (χ4n) is 1.61. The number of aliphatic hydroxyl groups is 1. The summed E-state index contributed by atoms with van der Waals surface area (Å²) in [6.07, 6.45) is 2.19. The lowest BCUT2D eigenvalue weighted by Gasteiger charge is -2.12. The van der Waals surface area contributed by atoms with Crippen molar-refractivity contribution in [1.29, 1.82) is 0 Å². The molecule has 0 radical (unpaired) electrons. The Kier molecular flexibility index (Phi) is 7.46. The van der Waals surface area contributed by atoms with Crippen molar-refractivity contribution < 1.29 is 14.6 Å². The van der Waals surface area contributed by atoms with E-state index in [-0.39, 0.29) is 0 Å². The quantitative estimate of drug-likeness (QED) is 0.685. The Morgan fingerprint density at radius 1 is 1.00 bits per heavy atom. The second-order valence-corrected chi connectivity index (χ2v) is 4.33. The zero-order valence-corrected chi connectivity index (χ0v) is 11.4. The number of hydrogen-bond acceptors (Lipinski definition) is 3. The van der Waals surface area contributed by atoms with Crippen molar-refractivity contribution >= 4 is 0 Å². The van der Waals surface area contributed by atoms with Crippen molar-refractivity contribution in [2.24, 2.45) is 0 Å². The normalized spacial score (nSPS) is 12.4. The lowest BCUT2D eigenvalue weighted by molar-refractivity contribution is 0.0822. The highest BCUT2D eigenvalue weighted by atomic mass is 16.5. The van der Waals surface area contributed by atoms with Crippen LogP contribution in [-0.2, 0) is 4.74 Å². The van der Waals surface area contributed by atoms with Gasteiger partial charge in [0.15, 0.2) is 0 Å². The van der Waals surface area contributed by atoms with E-state index in [1.165, 1.54) is 0 Å². The summed E-state index contributed by atoms with van der Waals surface area (Å²) in [6, 6.07) is 7.63. The van der Waals surface area contributed by atoms with Crippen LogP contribution in [0.3, 0.4) is 0 Å². The van der Waals surface area contributed by atoms with Gasteiger partial charge in [-0.1, -0.05) is 26.0 Å². The molecule has 0 amide bonds. The SMILES string of the molecule is CCCOCCC(O)c1ccc(OCCC)cc1. The maximum absolute atomic E-state index is 9.97. The monoisotopic (exact) mass is 252 g/mol. The summed E-state index contributed by atoms with van der Waals surface area (Å²) in [5.74, 6) is 0.857. The maximum Gasteiger partial charge on any atom is 0.119 e. The fourth-order valence-corrected chi connectivity index (χ4v) is 1.61. The Hall–Kier alpha value is -1.06. The first-order valence-electron chi connectivity index (χ1n) is 6.76. The van der Waals surface area contributed by atoms with Crippen molar-refractivity contribution in [2.75, 3.05) is 19.8 Å². The van der Waals surface area contributed by atoms with Crippen molar-refractivity contribution in [3.8, 4) is 5.75 Å². The molecule has 0 aromatic heterocycles. The Morgan fingerprint density at radius 3 is 2.28 bits per heavy atom. The molecule has 1 unspecified atom stereocenters. The van der Waals surface area contributed by atoms with Gasteiger partial charge in [-0.15, -0.1) is 0 Å². The first-order valence-corrected chi connectivity index (χ1v) is 6.76. The standard InChI is InChI=1S/C15H24O3/c1-3-10-17-12-9-15(16)13-5-7-14(8-6-13)18-11-4-2/h5-8,15-16H,3-4,9-12H2,1-2H3. The van der Waals surface area contributed by atoms with Gasteiger partial charge < -0.3 is 14.6 Å². The summed E-state index contributed by atoms with van der Waals surface area (Å²) in [5, 5.41) is 9.97. The minimum atomic E-state index is -0.456. The van der Waals surface area contributed by atoms with Gasteiger partial charge in [0.25, 0.3) is 0 Å². The molecule has 0 saturated carbocycles. The van der Waals surface area contributed by atoms with E-state index in [4.69, 9.17) is 9.47 Å². The molecule has 1 atom stereocenters. The van der Waals surface area contributed by atoms with Crippen LogP contribution < -0.4 is 4.74 Å². The first kappa shape index (κ1) is 15.0. The number of aliphatic hydroxyl groups excluding tert-OH is 1. The second kappa shape index (κ2) is 8.95. The zero-order chi connectivity index (χ0) is 13.2. The average molecular weight is 252 g/mol. The van der Waals surface area contributed by atoms with Crippen LogP contribution in [0.5, 0.6) is 5.75 Å². The molecule has 0 spiro atoms. The van der Waals surface area contributed by atoms with Crippen molar-refractivity contribution in [3.63, 3.8) is 0 Å². The van der Waals surface area contributed by atoms with Gasteiger partial charge in [0, 0.05) is 19.6 Å². The molecule has 1 rings (SSSR count). The number of hydrogen-bond donors (Lipinski definition) is 1. The summed E-state index contributed by atoms with van der Waals surface area (Å²) < 4.78 is 10.9. The molecule has 0 aliphatic heterocycles. The highest BCUT2D eigenvalue weighted by Crippen LogP contribution is 2.20. The molecule has 0 aliphatic rings. The highest BCUT2D eigenvalue weighted by Gasteiger charge is 2.07. The fraction of sp³-hybridized carbons (Fsp3) is 0.600. The van der Waals surface area contributed by atoms with Crippen LogP contribution in [0.1, 0.15) is 44.8 Å². The molecule has 18 heavy (non-hydrogen) atoms. The molecule has 0 fully saturated rings. The van der Waals surface area contributed by atoms with E-state index in [1.54, 1.807) is 0 Å². The van der Waals surface area contributed by atoms with Crippen LogP contribution in [0.2, 0.25) is 0 Å². The molecule has 1 aromatic carbocycles. The van der Waals surface area contributed by atoms with E-state index in [1.807, 2.05) is 24.3 Å². The van der Waals surface area contributed by atoms with Crippen LogP contribution in [0, 0.1) is 0 Å². The van der Waals surface area contributed by atoms with E-state index in [0.29, 0.717) is 13.0 Å². The summed E-state index contributed by atoms with van der Waals surface area (Å²) in [4.78, 5) is 0. The first-order chi connectivity index (χ1) is 8.77. The third-order valence-corrected chi connectivity index (χ3v) is 2.62. The molecular formula is C15H24O3. The number of ether oxygens (including phenoxy) is 2. The summed E-state index contributed by atoms with van der Waals surface area (Å²) >= 11 is 0. The predicted molar refractivity (Wildman–Crippen MR) is 72.9 cm³/mol. The predicted octanol–water partition coefficient (Wildman–Crippen LogP) is 3.33. The van der Waals surface area contributed by atoms with Crippen LogP contribution in [-0.4, -0.2) is 24.9 Å². The van der Waals surface area contributed by atoms with E-state index in [0.717, 1.165) is 37.4 Å². The van der Waals surface area contributed by atoms with Gasteiger partial charge in [0.05, 0.1) is 12.7 Å². The zero-order valence-electron chi connectivity index (χ0n) is 11.4. The molecule has 1 N–H and O–H groups in total. The van der Waals surface area contributed by atoms with E-state index in [2.05, 4.69) is 13.8 Å². The summed E-state index contributed by atoms with van der Waals surface area (Å²) in [5.41, 5.74) is 0.916. The highest BCUT2D eigenvalue weighted by molar-refractivity contribution is 5.28. The van der Waals surface area contributed by atoms with E-state index < -0.39 is 6.10 Å². The van der Waals surface area contributed by atoms with Crippen LogP contribution in [0.25, 0.3) is 0 Å². The Balaban J connectivity index is 2.36. The molecule has 3 heteroatoms. The van der Waals surface area contributed by atoms with Gasteiger partial charge in [-0.3, -0.25) is 0 Å². The molecule has 0 heterocycles. The van der Waals surface area contributed by atoms with Crippen LogP contribution in [0.15, 0.2) is 24.3 Å². The Bertz CT molecular complexity index is 308. The molecule has 0 saturated heterocycles. The molecule has 3 nitrogen and oxygen atoms in total. The van der Waals surface area contributed by atoms with E-state index >= 15 is 0 Å². The third kappa shape index (κ3) is 5.52. The number of rotatable bonds is 9. The second-order valence-electron chi connectivity index (χ2n) is 4.33. The van der Waals surface area contributed by atoms with Gasteiger partial charge in [0.1, 0.15) is 5.75 Å². The Morgan fingerprint density at radius 2 is 1.67 bits per heavy atom. The Labute approximate surface area is 110 Å². The minimum Gasteiger partial charge on any atom is -0.494 e. The summed E-state index contributed by atoms with van der Waals surface area (Å²) in [6.45, 7) is 6.24. The third-order valence-electron chi connectivity index (χ3n) is 2.62. The smallest absolute Gasteiger partial charge is 0.119 e. The van der Waals surface area contributed by atoms with Gasteiger partial charge in [-0.2, -0.15) is 0 Å². The van der Waals surface area contributed by atoms with Crippen LogP contribution in [0.4, 0.5) is 0 Å². The van der Waals surface area contributed by atoms with E-state index in [9.17, 15) is 5.11 Å². The lowest BCUT2D eigenvalue weighted by atomic mass is 10.1. The van der Waals surface area contributed by atoms with Gasteiger partial charge in [0.2, 0.25) is 0 Å². The molecule has 0 aliphatic carbocycles. The molecule has 1 aromatic rings. The summed E-state index contributed by atoms with van der Waals surface area (Å²) in [7, 11) is 0. The maximum atomic E-state index is 9.97. The average Bonchev–Trinajstić information content (AvgIpc) is 2.41. The molecule has 102 valence electrons. The van der Waals surface area contributed by atoms with Crippen molar-refractivity contribution in [1.82, 2.24) is 0 Å². The molecular weight excluding hydrogens is 228 g/mol. The minimum absolute atomic E-state index is 0.456. The number of benzene rings is 1. The van der Waals surface area contributed by atoms with Crippen LogP contribution >= 0.6 is 0 Å². The van der Waals surface area contributed by atoms with Gasteiger partial charge in [-0.25, -0.2) is 0 Å². The van der Waals surface area contributed by atoms with Crippen molar-refractivity contribution in [2.45, 2.75) is 39.2 Å². The topological polar surface area (TPSA) is 38.7 Å². The lowest BCUT2D eigenvalue weighted by Crippen LogP contribution is -2.04. The largest absolute Gasteiger partial charge is 0.494 e. The van der Waals surface area contributed by atoms with Crippen molar-refractivity contribution in [3.05, 3.63) is 29.8 Å². The van der Waals surface area contributed by atoms with Gasteiger partial charge >= 0.3 is 0 Å². The molecule has 0 bridgehead atoms. The van der Waals surface area contributed by atoms with Gasteiger partial charge in [-0.05, 0) is 30.5 Å².